The first-order valence-electron chi connectivity index (χ1n) is 5.11. The maximum Gasteiger partial charge on any atom is 0.127 e. The lowest BCUT2D eigenvalue weighted by Crippen LogP contribution is -2.04. The first-order chi connectivity index (χ1) is 8.08. The summed E-state index contributed by atoms with van der Waals surface area (Å²) in [6.07, 6.45) is -0.679. The summed E-state index contributed by atoms with van der Waals surface area (Å²) in [7, 11) is 0. The van der Waals surface area contributed by atoms with Crippen molar-refractivity contribution in [3.05, 3.63) is 50.7 Å². The molecule has 1 aromatic carbocycles. The van der Waals surface area contributed by atoms with Crippen LogP contribution in [0.15, 0.2) is 23.6 Å². The van der Waals surface area contributed by atoms with Gasteiger partial charge in [-0.2, -0.15) is 0 Å². The van der Waals surface area contributed by atoms with Gasteiger partial charge in [-0.1, -0.05) is 17.7 Å². The molecule has 0 saturated heterocycles. The van der Waals surface area contributed by atoms with E-state index in [9.17, 15) is 9.50 Å². The third-order valence-corrected chi connectivity index (χ3v) is 3.80. The van der Waals surface area contributed by atoms with E-state index >= 15 is 0 Å². The molecule has 0 amide bonds. The molecular weight excluding hydrogens is 261 g/mol. The van der Waals surface area contributed by atoms with Crippen molar-refractivity contribution in [3.63, 3.8) is 0 Å². The van der Waals surface area contributed by atoms with Crippen LogP contribution in [0.3, 0.4) is 0 Å². The lowest BCUT2D eigenvalue weighted by molar-refractivity contribution is 0.176. The maximum absolute atomic E-state index is 13.5. The quantitative estimate of drug-likeness (QED) is 0.927. The number of thiazole rings is 1. The molecule has 1 atom stereocenters. The highest BCUT2D eigenvalue weighted by Gasteiger charge is 2.16. The molecule has 0 spiro atoms. The van der Waals surface area contributed by atoms with Crippen molar-refractivity contribution in [2.75, 3.05) is 0 Å². The number of hydrogen-bond donors (Lipinski definition) is 1. The highest BCUT2D eigenvalue weighted by atomic mass is 35.5. The zero-order valence-electron chi connectivity index (χ0n) is 9.15. The number of hydrogen-bond acceptors (Lipinski definition) is 3. The van der Waals surface area contributed by atoms with Gasteiger partial charge in [0.2, 0.25) is 0 Å². The van der Waals surface area contributed by atoms with Crippen LogP contribution in [-0.2, 0) is 6.42 Å². The van der Waals surface area contributed by atoms with Gasteiger partial charge in [0.15, 0.2) is 0 Å². The minimum absolute atomic E-state index is 0.137. The zero-order valence-corrected chi connectivity index (χ0v) is 10.7. The van der Waals surface area contributed by atoms with Crippen LogP contribution in [0.1, 0.15) is 22.4 Å². The Balaban J connectivity index is 2.21. The summed E-state index contributed by atoms with van der Waals surface area (Å²) in [5, 5.41) is 12.7. The van der Waals surface area contributed by atoms with E-state index < -0.39 is 11.9 Å². The number of aliphatic hydroxyl groups is 1. The summed E-state index contributed by atoms with van der Waals surface area (Å²) < 4.78 is 13.5. The molecule has 1 N–H and O–H groups in total. The van der Waals surface area contributed by atoms with Crippen molar-refractivity contribution in [1.82, 2.24) is 4.98 Å². The first kappa shape index (κ1) is 12.5. The average Bonchev–Trinajstić information content (AvgIpc) is 2.70. The molecular formula is C12H11ClFNOS. The van der Waals surface area contributed by atoms with Crippen LogP contribution in [0.25, 0.3) is 0 Å². The Hall–Kier alpha value is -0.970. The SMILES string of the molecule is Cc1csc(C(O)Cc2c(F)cccc2Cl)n1. The van der Waals surface area contributed by atoms with Gasteiger partial charge in [-0.25, -0.2) is 9.37 Å². The van der Waals surface area contributed by atoms with Gasteiger partial charge in [0, 0.05) is 28.1 Å². The monoisotopic (exact) mass is 271 g/mol. The van der Waals surface area contributed by atoms with Crippen LogP contribution >= 0.6 is 22.9 Å². The average molecular weight is 272 g/mol. The number of halogens is 2. The Morgan fingerprint density at radius 1 is 1.53 bits per heavy atom. The molecule has 0 bridgehead atoms. The third-order valence-electron chi connectivity index (χ3n) is 2.38. The molecule has 0 radical (unpaired) electrons. The number of aryl methyl sites for hydroxylation is 1. The van der Waals surface area contributed by atoms with Crippen molar-refractivity contribution < 1.29 is 9.50 Å². The van der Waals surface area contributed by atoms with Gasteiger partial charge in [-0.15, -0.1) is 11.3 Å². The summed E-state index contributed by atoms with van der Waals surface area (Å²) in [6, 6.07) is 4.49. The van der Waals surface area contributed by atoms with Crippen LogP contribution in [-0.4, -0.2) is 10.1 Å². The normalized spacial score (nSPS) is 12.7. The van der Waals surface area contributed by atoms with E-state index in [1.807, 2.05) is 12.3 Å². The molecule has 90 valence electrons. The van der Waals surface area contributed by atoms with Crippen molar-refractivity contribution in [2.24, 2.45) is 0 Å². The molecule has 2 rings (SSSR count). The summed E-state index contributed by atoms with van der Waals surface area (Å²) in [5.41, 5.74) is 1.18. The summed E-state index contributed by atoms with van der Waals surface area (Å²) >= 11 is 7.26. The van der Waals surface area contributed by atoms with E-state index in [1.54, 1.807) is 12.1 Å². The van der Waals surface area contributed by atoms with Gasteiger partial charge < -0.3 is 5.11 Å². The van der Waals surface area contributed by atoms with Gasteiger partial charge in [0.1, 0.15) is 16.9 Å². The van der Waals surface area contributed by atoms with E-state index in [0.717, 1.165) is 5.69 Å². The highest BCUT2D eigenvalue weighted by molar-refractivity contribution is 7.09. The molecule has 1 heterocycles. The fourth-order valence-electron chi connectivity index (χ4n) is 1.53. The van der Waals surface area contributed by atoms with Gasteiger partial charge in [0.25, 0.3) is 0 Å². The van der Waals surface area contributed by atoms with Gasteiger partial charge in [0.05, 0.1) is 0 Å². The van der Waals surface area contributed by atoms with Crippen LogP contribution in [0, 0.1) is 12.7 Å². The fourth-order valence-corrected chi connectivity index (χ4v) is 2.55. The second-order valence-electron chi connectivity index (χ2n) is 3.75. The molecule has 2 nitrogen and oxygen atoms in total. The number of aliphatic hydroxyl groups excluding tert-OH is 1. The molecule has 0 saturated carbocycles. The molecule has 5 heteroatoms. The van der Waals surface area contributed by atoms with Crippen LogP contribution in [0.2, 0.25) is 5.02 Å². The van der Waals surface area contributed by atoms with Crippen LogP contribution in [0.4, 0.5) is 4.39 Å². The minimum atomic E-state index is -0.817. The fraction of sp³-hybridized carbons (Fsp3) is 0.250. The zero-order chi connectivity index (χ0) is 12.4. The predicted octanol–water partition coefficient (Wildman–Crippen LogP) is 3.52. The largest absolute Gasteiger partial charge is 0.386 e. The summed E-state index contributed by atoms with van der Waals surface area (Å²) in [4.78, 5) is 4.17. The Labute approximate surface area is 108 Å². The predicted molar refractivity (Wildman–Crippen MR) is 66.9 cm³/mol. The molecule has 0 aliphatic carbocycles. The Morgan fingerprint density at radius 2 is 2.29 bits per heavy atom. The smallest absolute Gasteiger partial charge is 0.127 e. The number of aromatic nitrogens is 1. The minimum Gasteiger partial charge on any atom is -0.386 e. The Bertz CT molecular complexity index is 509. The van der Waals surface area contributed by atoms with E-state index in [-0.39, 0.29) is 6.42 Å². The maximum atomic E-state index is 13.5. The van der Waals surface area contributed by atoms with E-state index in [2.05, 4.69) is 4.98 Å². The van der Waals surface area contributed by atoms with Crippen molar-refractivity contribution in [2.45, 2.75) is 19.4 Å². The Kier molecular flexibility index (Phi) is 3.76. The number of benzene rings is 1. The lowest BCUT2D eigenvalue weighted by Gasteiger charge is -2.09. The van der Waals surface area contributed by atoms with E-state index in [1.165, 1.54) is 17.4 Å². The second kappa shape index (κ2) is 5.12. The third kappa shape index (κ3) is 2.83. The molecule has 2 aromatic rings. The molecule has 1 unspecified atom stereocenters. The number of nitrogens with zero attached hydrogens (tertiary/aromatic N) is 1. The lowest BCUT2D eigenvalue weighted by atomic mass is 10.1. The molecule has 0 aliphatic rings. The first-order valence-corrected chi connectivity index (χ1v) is 6.36. The van der Waals surface area contributed by atoms with Gasteiger partial charge in [-0.3, -0.25) is 0 Å². The molecule has 1 aromatic heterocycles. The molecule has 0 fully saturated rings. The van der Waals surface area contributed by atoms with Crippen LogP contribution in [0.5, 0.6) is 0 Å². The van der Waals surface area contributed by atoms with Crippen molar-refractivity contribution in [3.8, 4) is 0 Å². The Morgan fingerprint density at radius 3 is 2.88 bits per heavy atom. The summed E-state index contributed by atoms with van der Waals surface area (Å²) in [5.74, 6) is -0.398. The van der Waals surface area contributed by atoms with Gasteiger partial charge in [-0.05, 0) is 19.1 Å². The van der Waals surface area contributed by atoms with Crippen molar-refractivity contribution in [1.29, 1.82) is 0 Å². The second-order valence-corrected chi connectivity index (χ2v) is 5.04. The van der Waals surface area contributed by atoms with E-state index in [0.29, 0.717) is 15.6 Å². The highest BCUT2D eigenvalue weighted by Crippen LogP contribution is 2.27. The van der Waals surface area contributed by atoms with E-state index in [4.69, 9.17) is 11.6 Å². The number of rotatable bonds is 3. The van der Waals surface area contributed by atoms with Crippen LogP contribution < -0.4 is 0 Å². The summed E-state index contributed by atoms with van der Waals surface area (Å²) in [6.45, 7) is 1.85. The molecule has 0 aliphatic heterocycles. The van der Waals surface area contributed by atoms with Gasteiger partial charge >= 0.3 is 0 Å². The molecule has 17 heavy (non-hydrogen) atoms. The topological polar surface area (TPSA) is 33.1 Å². The standard InChI is InChI=1S/C12H11ClFNOS/c1-7-6-17-12(15-7)11(16)5-8-9(13)3-2-4-10(8)14/h2-4,6,11,16H,5H2,1H3. The van der Waals surface area contributed by atoms with Crippen molar-refractivity contribution >= 4 is 22.9 Å².